The summed E-state index contributed by atoms with van der Waals surface area (Å²) in [5.41, 5.74) is 2.71. The Morgan fingerprint density at radius 1 is 1.57 bits per heavy atom. The van der Waals surface area contributed by atoms with Gasteiger partial charge in [-0.05, 0) is 30.2 Å². The van der Waals surface area contributed by atoms with E-state index in [1.807, 2.05) is 12.1 Å². The van der Waals surface area contributed by atoms with Crippen LogP contribution in [0, 0.1) is 11.3 Å². The largest absolute Gasteiger partial charge is 0.312 e. The van der Waals surface area contributed by atoms with Crippen molar-refractivity contribution in [1.82, 2.24) is 0 Å². The molecular weight excluding hydrogens is 176 g/mol. The van der Waals surface area contributed by atoms with Crippen LogP contribution < -0.4 is 4.90 Å². The highest BCUT2D eigenvalue weighted by Gasteiger charge is 2.21. The molecular formula is C11H10N2O. The summed E-state index contributed by atoms with van der Waals surface area (Å²) in [6, 6.07) is 7.56. The van der Waals surface area contributed by atoms with E-state index in [4.69, 9.17) is 5.26 Å². The molecule has 0 unspecified atom stereocenters. The summed E-state index contributed by atoms with van der Waals surface area (Å²) < 4.78 is 0. The normalized spacial score (nSPS) is 13.6. The molecule has 3 nitrogen and oxygen atoms in total. The molecule has 0 fully saturated rings. The average molecular weight is 186 g/mol. The monoisotopic (exact) mass is 186 g/mol. The van der Waals surface area contributed by atoms with E-state index in [-0.39, 0.29) is 5.91 Å². The van der Waals surface area contributed by atoms with E-state index in [2.05, 4.69) is 6.07 Å². The van der Waals surface area contributed by atoms with Gasteiger partial charge in [0, 0.05) is 19.2 Å². The number of hydrogen-bond acceptors (Lipinski definition) is 2. The molecule has 1 aliphatic rings. The fourth-order valence-electron chi connectivity index (χ4n) is 1.80. The zero-order chi connectivity index (χ0) is 10.1. The van der Waals surface area contributed by atoms with Crippen molar-refractivity contribution in [3.8, 4) is 6.07 Å². The number of nitriles is 1. The first-order valence-electron chi connectivity index (χ1n) is 4.53. The zero-order valence-corrected chi connectivity index (χ0v) is 7.95. The molecule has 2 rings (SSSR count). The quantitative estimate of drug-likeness (QED) is 0.615. The van der Waals surface area contributed by atoms with Gasteiger partial charge in [-0.15, -0.1) is 0 Å². The van der Waals surface area contributed by atoms with E-state index in [1.165, 1.54) is 0 Å². The molecule has 0 spiro atoms. The molecule has 14 heavy (non-hydrogen) atoms. The molecule has 3 heteroatoms. The number of carbonyl (C=O) groups excluding carboxylic acids is 1. The smallest absolute Gasteiger partial charge is 0.223 e. The van der Waals surface area contributed by atoms with Crippen LogP contribution in [0.25, 0.3) is 0 Å². The molecule has 0 aliphatic carbocycles. The number of benzene rings is 1. The summed E-state index contributed by atoms with van der Waals surface area (Å²) in [5, 5.41) is 8.71. The zero-order valence-electron chi connectivity index (χ0n) is 7.95. The first-order chi connectivity index (χ1) is 6.72. The third-order valence-corrected chi connectivity index (χ3v) is 2.48. The Hall–Kier alpha value is -1.82. The SMILES string of the molecule is CC(=O)N1CCc2cc(C#N)ccc21. The Morgan fingerprint density at radius 3 is 3.00 bits per heavy atom. The fraction of sp³-hybridized carbons (Fsp3) is 0.273. The summed E-state index contributed by atoms with van der Waals surface area (Å²) in [4.78, 5) is 13.0. The van der Waals surface area contributed by atoms with Crippen LogP contribution in [0.5, 0.6) is 0 Å². The number of nitrogens with zero attached hydrogens (tertiary/aromatic N) is 2. The highest BCUT2D eigenvalue weighted by molar-refractivity contribution is 5.93. The van der Waals surface area contributed by atoms with Crippen LogP contribution in [0.3, 0.4) is 0 Å². The van der Waals surface area contributed by atoms with Gasteiger partial charge in [0.2, 0.25) is 5.91 Å². The molecule has 0 radical (unpaired) electrons. The van der Waals surface area contributed by atoms with Gasteiger partial charge < -0.3 is 4.90 Å². The Bertz CT molecular complexity index is 431. The molecule has 0 N–H and O–H groups in total. The molecule has 1 aromatic carbocycles. The van der Waals surface area contributed by atoms with Crippen LogP contribution in [-0.2, 0) is 11.2 Å². The molecule has 1 heterocycles. The summed E-state index contributed by atoms with van der Waals surface area (Å²) >= 11 is 0. The first-order valence-corrected chi connectivity index (χ1v) is 4.53. The van der Waals surface area contributed by atoms with E-state index in [0.717, 1.165) is 24.2 Å². The van der Waals surface area contributed by atoms with Crippen LogP contribution in [0.2, 0.25) is 0 Å². The Labute approximate surface area is 82.6 Å². The Kier molecular flexibility index (Phi) is 1.97. The number of hydrogen-bond donors (Lipinski definition) is 0. The number of carbonyl (C=O) groups is 1. The van der Waals surface area contributed by atoms with Crippen LogP contribution >= 0.6 is 0 Å². The van der Waals surface area contributed by atoms with Gasteiger partial charge in [0.15, 0.2) is 0 Å². The molecule has 1 aromatic rings. The second-order valence-electron chi connectivity index (χ2n) is 3.38. The highest BCUT2D eigenvalue weighted by Crippen LogP contribution is 2.28. The third-order valence-electron chi connectivity index (χ3n) is 2.48. The lowest BCUT2D eigenvalue weighted by Gasteiger charge is -2.14. The van der Waals surface area contributed by atoms with Gasteiger partial charge in [0.05, 0.1) is 11.6 Å². The maximum atomic E-state index is 11.2. The van der Waals surface area contributed by atoms with Crippen LogP contribution in [0.4, 0.5) is 5.69 Å². The number of rotatable bonds is 0. The minimum atomic E-state index is 0.0634. The van der Waals surface area contributed by atoms with E-state index in [1.54, 1.807) is 17.9 Å². The lowest BCUT2D eigenvalue weighted by Crippen LogP contribution is -2.25. The predicted molar refractivity (Wildman–Crippen MR) is 52.9 cm³/mol. The van der Waals surface area contributed by atoms with Crippen molar-refractivity contribution in [2.24, 2.45) is 0 Å². The Morgan fingerprint density at radius 2 is 2.36 bits per heavy atom. The summed E-state index contributed by atoms with van der Waals surface area (Å²) in [5.74, 6) is 0.0634. The van der Waals surface area contributed by atoms with Crippen molar-refractivity contribution >= 4 is 11.6 Å². The first kappa shape index (κ1) is 8.76. The van der Waals surface area contributed by atoms with E-state index >= 15 is 0 Å². The predicted octanol–water partition coefficient (Wildman–Crippen LogP) is 1.47. The lowest BCUT2D eigenvalue weighted by atomic mass is 10.1. The minimum Gasteiger partial charge on any atom is -0.312 e. The minimum absolute atomic E-state index is 0.0634. The van der Waals surface area contributed by atoms with Crippen molar-refractivity contribution in [2.75, 3.05) is 11.4 Å². The van der Waals surface area contributed by atoms with Gasteiger partial charge in [0.25, 0.3) is 0 Å². The fourth-order valence-corrected chi connectivity index (χ4v) is 1.80. The number of fused-ring (bicyclic) bond motifs is 1. The molecule has 0 bridgehead atoms. The highest BCUT2D eigenvalue weighted by atomic mass is 16.2. The maximum absolute atomic E-state index is 11.2. The van der Waals surface area contributed by atoms with Gasteiger partial charge in [-0.2, -0.15) is 5.26 Å². The van der Waals surface area contributed by atoms with Crippen molar-refractivity contribution in [3.63, 3.8) is 0 Å². The van der Waals surface area contributed by atoms with Crippen molar-refractivity contribution in [2.45, 2.75) is 13.3 Å². The molecule has 1 amide bonds. The van der Waals surface area contributed by atoms with Crippen molar-refractivity contribution < 1.29 is 4.79 Å². The topological polar surface area (TPSA) is 44.1 Å². The van der Waals surface area contributed by atoms with Gasteiger partial charge in [0.1, 0.15) is 0 Å². The van der Waals surface area contributed by atoms with E-state index in [9.17, 15) is 4.79 Å². The average Bonchev–Trinajstić information content (AvgIpc) is 2.59. The van der Waals surface area contributed by atoms with E-state index in [0.29, 0.717) is 5.56 Å². The summed E-state index contributed by atoms with van der Waals surface area (Å²) in [6.07, 6.45) is 0.852. The summed E-state index contributed by atoms with van der Waals surface area (Å²) in [7, 11) is 0. The van der Waals surface area contributed by atoms with Crippen LogP contribution in [0.15, 0.2) is 18.2 Å². The third kappa shape index (κ3) is 1.25. The molecule has 70 valence electrons. The summed E-state index contributed by atoms with van der Waals surface area (Å²) in [6.45, 7) is 2.30. The maximum Gasteiger partial charge on any atom is 0.223 e. The molecule has 0 atom stereocenters. The van der Waals surface area contributed by atoms with Gasteiger partial charge in [-0.1, -0.05) is 0 Å². The van der Waals surface area contributed by atoms with Crippen molar-refractivity contribution in [1.29, 1.82) is 5.26 Å². The van der Waals surface area contributed by atoms with Crippen LogP contribution in [0.1, 0.15) is 18.1 Å². The number of amides is 1. The second kappa shape index (κ2) is 3.15. The lowest BCUT2D eigenvalue weighted by molar-refractivity contribution is -0.116. The van der Waals surface area contributed by atoms with Gasteiger partial charge >= 0.3 is 0 Å². The molecule has 1 aliphatic heterocycles. The second-order valence-corrected chi connectivity index (χ2v) is 3.38. The van der Waals surface area contributed by atoms with Crippen molar-refractivity contribution in [3.05, 3.63) is 29.3 Å². The standard InChI is InChI=1S/C11H10N2O/c1-8(14)13-5-4-10-6-9(7-12)2-3-11(10)13/h2-3,6H,4-5H2,1H3. The number of anilines is 1. The molecule has 0 saturated heterocycles. The van der Waals surface area contributed by atoms with Gasteiger partial charge in [-0.25, -0.2) is 0 Å². The van der Waals surface area contributed by atoms with E-state index < -0.39 is 0 Å². The van der Waals surface area contributed by atoms with Gasteiger partial charge in [-0.3, -0.25) is 4.79 Å². The Balaban J connectivity index is 2.44. The van der Waals surface area contributed by atoms with Crippen LogP contribution in [-0.4, -0.2) is 12.5 Å². The molecule has 0 saturated carbocycles. The molecule has 0 aromatic heterocycles.